The van der Waals surface area contributed by atoms with Crippen LogP contribution < -0.4 is 10.3 Å². The third-order valence-electron chi connectivity index (χ3n) is 1.24. The van der Waals surface area contributed by atoms with E-state index >= 15 is 0 Å². The highest BCUT2D eigenvalue weighted by Crippen LogP contribution is 2.19. The topological polar surface area (TPSA) is 21.3 Å². The second-order valence-corrected chi connectivity index (χ2v) is 3.19. The van der Waals surface area contributed by atoms with Crippen molar-refractivity contribution in [3.8, 4) is 5.75 Å². The predicted octanol–water partition coefficient (Wildman–Crippen LogP) is 2.27. The van der Waals surface area contributed by atoms with Crippen LogP contribution in [0.2, 0.25) is 0 Å². The monoisotopic (exact) mass is 215 g/mol. The maximum Gasteiger partial charge on any atom is 0.148 e. The maximum atomic E-state index is 5.09. The van der Waals surface area contributed by atoms with Crippen LogP contribution in [0.25, 0.3) is 0 Å². The van der Waals surface area contributed by atoms with Crippen molar-refractivity contribution in [3.63, 3.8) is 0 Å². The molecule has 0 unspecified atom stereocenters. The Labute approximate surface area is 74.6 Å². The Kier molecular flexibility index (Phi) is 2.91. The summed E-state index contributed by atoms with van der Waals surface area (Å²) in [6.07, 6.45) is 0. The number of aryl methyl sites for hydroxylation is 1. The highest BCUT2D eigenvalue weighted by molar-refractivity contribution is 9.10. The zero-order valence-corrected chi connectivity index (χ0v) is 8.10. The minimum atomic E-state index is 0.819. The second-order valence-electron chi connectivity index (χ2n) is 2.27. The zero-order valence-electron chi connectivity index (χ0n) is 6.52. The van der Waals surface area contributed by atoms with Crippen LogP contribution in [-0.4, -0.2) is 7.05 Å². The van der Waals surface area contributed by atoms with Crippen LogP contribution in [0.5, 0.6) is 5.75 Å². The lowest BCUT2D eigenvalue weighted by Gasteiger charge is -2.03. The first-order valence-corrected chi connectivity index (χ1v) is 4.12. The van der Waals surface area contributed by atoms with E-state index in [1.54, 1.807) is 7.05 Å². The van der Waals surface area contributed by atoms with E-state index in [4.69, 9.17) is 4.84 Å². The number of benzene rings is 1. The molecule has 0 aliphatic rings. The normalized spacial score (nSPS) is 9.73. The minimum absolute atomic E-state index is 0.819. The van der Waals surface area contributed by atoms with Gasteiger partial charge in [-0.1, -0.05) is 15.9 Å². The molecule has 0 heterocycles. The molecule has 1 aromatic carbocycles. The molecule has 1 aromatic rings. The van der Waals surface area contributed by atoms with Crippen LogP contribution in [0, 0.1) is 6.92 Å². The van der Waals surface area contributed by atoms with E-state index in [1.807, 2.05) is 25.1 Å². The van der Waals surface area contributed by atoms with Gasteiger partial charge in [0.05, 0.1) is 0 Å². The third kappa shape index (κ3) is 2.52. The van der Waals surface area contributed by atoms with Gasteiger partial charge >= 0.3 is 0 Å². The molecule has 2 nitrogen and oxygen atoms in total. The Bertz CT molecular complexity index is 230. The summed E-state index contributed by atoms with van der Waals surface area (Å²) in [6, 6.07) is 5.90. The van der Waals surface area contributed by atoms with E-state index in [0.29, 0.717) is 0 Å². The number of halogens is 1. The molecule has 1 rings (SSSR count). The van der Waals surface area contributed by atoms with Gasteiger partial charge in [0.1, 0.15) is 5.75 Å². The first-order valence-electron chi connectivity index (χ1n) is 3.33. The van der Waals surface area contributed by atoms with E-state index in [0.717, 1.165) is 10.2 Å². The molecule has 3 heteroatoms. The van der Waals surface area contributed by atoms with Crippen LogP contribution in [-0.2, 0) is 0 Å². The highest BCUT2D eigenvalue weighted by Gasteiger charge is 1.95. The van der Waals surface area contributed by atoms with Gasteiger partial charge in [0, 0.05) is 11.5 Å². The van der Waals surface area contributed by atoms with Gasteiger partial charge < -0.3 is 4.84 Å². The van der Waals surface area contributed by atoms with Gasteiger partial charge in [0.25, 0.3) is 0 Å². The summed E-state index contributed by atoms with van der Waals surface area (Å²) in [6.45, 7) is 2.02. The van der Waals surface area contributed by atoms with Crippen LogP contribution >= 0.6 is 15.9 Å². The van der Waals surface area contributed by atoms with Gasteiger partial charge in [-0.25, -0.2) is 0 Å². The quantitative estimate of drug-likeness (QED) is 0.765. The molecule has 0 saturated carbocycles. The van der Waals surface area contributed by atoms with Crippen molar-refractivity contribution in [2.75, 3.05) is 7.05 Å². The fourth-order valence-corrected chi connectivity index (χ4v) is 1.47. The van der Waals surface area contributed by atoms with Crippen LogP contribution in [0.4, 0.5) is 0 Å². The van der Waals surface area contributed by atoms with E-state index in [2.05, 4.69) is 21.4 Å². The molecule has 0 aliphatic heterocycles. The lowest BCUT2D eigenvalue weighted by atomic mass is 10.2. The maximum absolute atomic E-state index is 5.09. The van der Waals surface area contributed by atoms with E-state index in [-0.39, 0.29) is 0 Å². The number of rotatable bonds is 2. The minimum Gasteiger partial charge on any atom is -0.409 e. The van der Waals surface area contributed by atoms with Crippen molar-refractivity contribution in [2.45, 2.75) is 6.92 Å². The number of hydrogen-bond donors (Lipinski definition) is 1. The Balaban J connectivity index is 2.89. The van der Waals surface area contributed by atoms with Crippen molar-refractivity contribution in [1.29, 1.82) is 0 Å². The van der Waals surface area contributed by atoms with Crippen molar-refractivity contribution < 1.29 is 4.84 Å². The van der Waals surface area contributed by atoms with Gasteiger partial charge in [-0.05, 0) is 30.7 Å². The smallest absolute Gasteiger partial charge is 0.148 e. The van der Waals surface area contributed by atoms with Crippen molar-refractivity contribution in [2.24, 2.45) is 0 Å². The summed E-state index contributed by atoms with van der Waals surface area (Å²) in [4.78, 5) is 5.09. The molecule has 0 spiro atoms. The first kappa shape index (κ1) is 8.56. The first-order chi connectivity index (χ1) is 5.22. The summed E-state index contributed by atoms with van der Waals surface area (Å²) < 4.78 is 1.03. The Hall–Kier alpha value is -0.540. The average Bonchev–Trinajstić information content (AvgIpc) is 1.85. The van der Waals surface area contributed by atoms with Crippen LogP contribution in [0.1, 0.15) is 5.56 Å². The highest BCUT2D eigenvalue weighted by atomic mass is 79.9. The molecular formula is C8H10BrNO. The molecule has 1 N–H and O–H groups in total. The molecule has 0 radical (unpaired) electrons. The fourth-order valence-electron chi connectivity index (χ4n) is 0.880. The number of hydroxylamine groups is 1. The molecule has 0 bridgehead atoms. The van der Waals surface area contributed by atoms with Crippen LogP contribution in [0.3, 0.4) is 0 Å². The molecule has 0 saturated heterocycles. The zero-order chi connectivity index (χ0) is 8.27. The predicted molar refractivity (Wildman–Crippen MR) is 48.6 cm³/mol. The average molecular weight is 216 g/mol. The number of nitrogens with one attached hydrogen (secondary N) is 1. The Morgan fingerprint density at radius 2 is 2.09 bits per heavy atom. The standard InChI is InChI=1S/C8H10BrNO/c1-6-3-7(9)5-8(4-6)11-10-2/h3-5,10H,1-2H3. The molecular weight excluding hydrogens is 206 g/mol. The van der Waals surface area contributed by atoms with Crippen molar-refractivity contribution >= 4 is 15.9 Å². The van der Waals surface area contributed by atoms with Gasteiger partial charge in [0.15, 0.2) is 0 Å². The van der Waals surface area contributed by atoms with E-state index < -0.39 is 0 Å². The van der Waals surface area contributed by atoms with Crippen LogP contribution in [0.15, 0.2) is 22.7 Å². The lowest BCUT2D eigenvalue weighted by Crippen LogP contribution is -2.10. The Morgan fingerprint density at radius 1 is 1.36 bits per heavy atom. The Morgan fingerprint density at radius 3 is 2.64 bits per heavy atom. The van der Waals surface area contributed by atoms with E-state index in [9.17, 15) is 0 Å². The number of hydrogen-bond acceptors (Lipinski definition) is 2. The van der Waals surface area contributed by atoms with E-state index in [1.165, 1.54) is 5.56 Å². The molecule has 0 atom stereocenters. The summed E-state index contributed by atoms with van der Waals surface area (Å²) >= 11 is 3.38. The SMILES string of the molecule is CNOc1cc(C)cc(Br)c1. The molecule has 0 aromatic heterocycles. The molecule has 60 valence electrons. The van der Waals surface area contributed by atoms with Gasteiger partial charge in [0.2, 0.25) is 0 Å². The molecule has 11 heavy (non-hydrogen) atoms. The van der Waals surface area contributed by atoms with Gasteiger partial charge in [-0.15, -0.1) is 0 Å². The third-order valence-corrected chi connectivity index (χ3v) is 1.69. The summed E-state index contributed by atoms with van der Waals surface area (Å²) in [7, 11) is 1.73. The van der Waals surface area contributed by atoms with Crippen molar-refractivity contribution in [1.82, 2.24) is 5.48 Å². The largest absolute Gasteiger partial charge is 0.409 e. The summed E-state index contributed by atoms with van der Waals surface area (Å²) in [5, 5.41) is 0. The lowest BCUT2D eigenvalue weighted by molar-refractivity contribution is 0.223. The molecule has 0 amide bonds. The summed E-state index contributed by atoms with van der Waals surface area (Å²) in [5.41, 5.74) is 3.79. The fraction of sp³-hybridized carbons (Fsp3) is 0.250. The van der Waals surface area contributed by atoms with Crippen molar-refractivity contribution in [3.05, 3.63) is 28.2 Å². The molecule has 0 aliphatic carbocycles. The molecule has 0 fully saturated rings. The summed E-state index contributed by atoms with van der Waals surface area (Å²) in [5.74, 6) is 0.819. The van der Waals surface area contributed by atoms with Gasteiger partial charge in [-0.3, -0.25) is 0 Å². The van der Waals surface area contributed by atoms with Gasteiger partial charge in [-0.2, -0.15) is 5.48 Å². The second kappa shape index (κ2) is 3.74.